The summed E-state index contributed by atoms with van der Waals surface area (Å²) < 4.78 is 14.3. The maximum absolute atomic E-state index is 13.6. The molecule has 0 spiro atoms. The van der Waals surface area contributed by atoms with E-state index in [0.29, 0.717) is 15.2 Å². The van der Waals surface area contributed by atoms with Crippen LogP contribution in [-0.2, 0) is 0 Å². The van der Waals surface area contributed by atoms with E-state index in [1.54, 1.807) is 6.08 Å². The number of thioether (sulfide) groups is 1. The lowest BCUT2D eigenvalue weighted by atomic mass is 10.2. The van der Waals surface area contributed by atoms with E-state index in [-0.39, 0.29) is 10.6 Å². The van der Waals surface area contributed by atoms with Crippen LogP contribution in [0.15, 0.2) is 35.2 Å². The highest BCUT2D eigenvalue weighted by Crippen LogP contribution is 2.26. The van der Waals surface area contributed by atoms with Crippen LogP contribution >= 0.6 is 34.7 Å². The number of aromatic nitrogens is 2. The van der Waals surface area contributed by atoms with Crippen molar-refractivity contribution in [1.82, 2.24) is 10.2 Å². The summed E-state index contributed by atoms with van der Waals surface area (Å²) in [6.07, 6.45) is 1.74. The molecule has 2 aromatic rings. The number of carbonyl (C=O) groups is 1. The summed E-state index contributed by atoms with van der Waals surface area (Å²) in [6.45, 7) is 3.60. The lowest BCUT2D eigenvalue weighted by Gasteiger charge is -2.02. The molecule has 0 aliphatic rings. The molecule has 20 heavy (non-hydrogen) atoms. The zero-order chi connectivity index (χ0) is 14.5. The van der Waals surface area contributed by atoms with E-state index in [1.807, 2.05) is 0 Å². The molecule has 8 heteroatoms. The molecular weight excluding hydrogens is 321 g/mol. The zero-order valence-electron chi connectivity index (χ0n) is 10.1. The molecule has 0 radical (unpaired) electrons. The predicted octanol–water partition coefficient (Wildman–Crippen LogP) is 3.86. The van der Waals surface area contributed by atoms with Crippen LogP contribution in [0.4, 0.5) is 9.52 Å². The summed E-state index contributed by atoms with van der Waals surface area (Å²) in [6, 6.07) is 3.86. The van der Waals surface area contributed by atoms with E-state index in [4.69, 9.17) is 11.6 Å². The summed E-state index contributed by atoms with van der Waals surface area (Å²) in [4.78, 5) is 11.9. The second-order valence-electron chi connectivity index (χ2n) is 3.55. The molecule has 4 nitrogen and oxygen atoms in total. The van der Waals surface area contributed by atoms with Crippen LogP contribution < -0.4 is 5.32 Å². The molecule has 0 unspecified atom stereocenters. The maximum Gasteiger partial charge on any atom is 0.260 e. The van der Waals surface area contributed by atoms with Crippen molar-refractivity contribution in [2.45, 2.75) is 4.34 Å². The standard InChI is InChI=1S/C12H9ClFN3OS2/c1-2-5-19-12-17-16-11(20-12)15-10(18)8-4-3-7(13)6-9(8)14/h2-4,6H,1,5H2,(H,15,16,18). The van der Waals surface area contributed by atoms with Crippen LogP contribution in [0, 0.1) is 5.82 Å². The normalized spacial score (nSPS) is 10.3. The molecule has 2 rings (SSSR count). The Morgan fingerprint density at radius 1 is 1.55 bits per heavy atom. The first-order valence-corrected chi connectivity index (χ1v) is 7.61. The third-order valence-corrected chi connectivity index (χ3v) is 4.33. The fraction of sp³-hybridized carbons (Fsp3) is 0.0833. The van der Waals surface area contributed by atoms with Gasteiger partial charge in [0, 0.05) is 10.8 Å². The molecule has 1 aromatic heterocycles. The summed E-state index contributed by atoms with van der Waals surface area (Å²) >= 11 is 8.30. The SMILES string of the molecule is C=CCSc1nnc(NC(=O)c2ccc(Cl)cc2F)s1. The second kappa shape index (κ2) is 6.83. The Hall–Kier alpha value is -1.44. The van der Waals surface area contributed by atoms with Crippen LogP contribution in [0.1, 0.15) is 10.4 Å². The molecule has 1 aromatic carbocycles. The highest BCUT2D eigenvalue weighted by molar-refractivity contribution is 8.01. The number of rotatable bonds is 5. The highest BCUT2D eigenvalue weighted by Gasteiger charge is 2.14. The Labute approximate surface area is 128 Å². The van der Waals surface area contributed by atoms with Crippen LogP contribution in [0.5, 0.6) is 0 Å². The van der Waals surface area contributed by atoms with Crippen molar-refractivity contribution in [2.24, 2.45) is 0 Å². The Bertz CT molecular complexity index is 647. The maximum atomic E-state index is 13.6. The Kier molecular flexibility index (Phi) is 5.11. The number of carbonyl (C=O) groups excluding carboxylic acids is 1. The van der Waals surface area contributed by atoms with Gasteiger partial charge in [-0.15, -0.1) is 16.8 Å². The first-order valence-electron chi connectivity index (χ1n) is 5.43. The van der Waals surface area contributed by atoms with Crippen molar-refractivity contribution >= 4 is 45.7 Å². The van der Waals surface area contributed by atoms with Crippen molar-refractivity contribution in [1.29, 1.82) is 0 Å². The average molecular weight is 330 g/mol. The molecule has 0 saturated heterocycles. The Morgan fingerprint density at radius 3 is 3.05 bits per heavy atom. The molecule has 104 valence electrons. The molecule has 0 saturated carbocycles. The van der Waals surface area contributed by atoms with Gasteiger partial charge in [-0.05, 0) is 18.2 Å². The largest absolute Gasteiger partial charge is 0.296 e. The number of nitrogens with zero attached hydrogens (tertiary/aromatic N) is 2. The zero-order valence-corrected chi connectivity index (χ0v) is 12.5. The molecule has 1 amide bonds. The third-order valence-electron chi connectivity index (χ3n) is 2.13. The summed E-state index contributed by atoms with van der Waals surface area (Å²) in [5, 5.41) is 10.8. The smallest absolute Gasteiger partial charge is 0.260 e. The van der Waals surface area contributed by atoms with Gasteiger partial charge in [-0.2, -0.15) is 0 Å². The van der Waals surface area contributed by atoms with Gasteiger partial charge in [-0.1, -0.05) is 40.8 Å². The van der Waals surface area contributed by atoms with E-state index in [9.17, 15) is 9.18 Å². The van der Waals surface area contributed by atoms with Gasteiger partial charge < -0.3 is 0 Å². The number of amides is 1. The molecule has 1 N–H and O–H groups in total. The van der Waals surface area contributed by atoms with Crippen molar-refractivity contribution in [3.63, 3.8) is 0 Å². The van der Waals surface area contributed by atoms with Gasteiger partial charge in [0.25, 0.3) is 5.91 Å². The second-order valence-corrected chi connectivity index (χ2v) is 6.23. The lowest BCUT2D eigenvalue weighted by molar-refractivity contribution is 0.102. The van der Waals surface area contributed by atoms with Crippen LogP contribution in [0.25, 0.3) is 0 Å². The van der Waals surface area contributed by atoms with E-state index in [1.165, 1.54) is 35.2 Å². The molecular formula is C12H9ClFN3OS2. The lowest BCUT2D eigenvalue weighted by Crippen LogP contribution is -2.13. The van der Waals surface area contributed by atoms with Gasteiger partial charge in [0.2, 0.25) is 5.13 Å². The highest BCUT2D eigenvalue weighted by atomic mass is 35.5. The first-order chi connectivity index (χ1) is 9.60. The van der Waals surface area contributed by atoms with Crippen molar-refractivity contribution < 1.29 is 9.18 Å². The van der Waals surface area contributed by atoms with Crippen molar-refractivity contribution in [2.75, 3.05) is 11.1 Å². The molecule has 0 atom stereocenters. The van der Waals surface area contributed by atoms with E-state index in [2.05, 4.69) is 22.1 Å². The van der Waals surface area contributed by atoms with E-state index < -0.39 is 11.7 Å². The minimum Gasteiger partial charge on any atom is -0.296 e. The summed E-state index contributed by atoms with van der Waals surface area (Å²) in [5.41, 5.74) is -0.0927. The number of benzene rings is 1. The number of hydrogen-bond acceptors (Lipinski definition) is 5. The van der Waals surface area contributed by atoms with E-state index >= 15 is 0 Å². The topological polar surface area (TPSA) is 54.9 Å². The first kappa shape index (κ1) is 15.0. The minimum absolute atomic E-state index is 0.0927. The van der Waals surface area contributed by atoms with Crippen LogP contribution in [0.3, 0.4) is 0 Å². The number of anilines is 1. The monoisotopic (exact) mass is 329 g/mol. The number of hydrogen-bond donors (Lipinski definition) is 1. The molecule has 0 aliphatic heterocycles. The summed E-state index contributed by atoms with van der Waals surface area (Å²) in [7, 11) is 0. The molecule has 1 heterocycles. The molecule has 0 bridgehead atoms. The molecule has 0 aliphatic carbocycles. The van der Waals surface area contributed by atoms with Gasteiger partial charge in [-0.25, -0.2) is 4.39 Å². The van der Waals surface area contributed by atoms with E-state index in [0.717, 1.165) is 6.07 Å². The summed E-state index contributed by atoms with van der Waals surface area (Å²) in [5.74, 6) is -0.564. The number of nitrogens with one attached hydrogen (secondary N) is 1. The Morgan fingerprint density at radius 2 is 2.35 bits per heavy atom. The van der Waals surface area contributed by atoms with Gasteiger partial charge in [0.15, 0.2) is 4.34 Å². The minimum atomic E-state index is -0.680. The third kappa shape index (κ3) is 3.78. The molecule has 0 fully saturated rings. The van der Waals surface area contributed by atoms with Crippen molar-refractivity contribution in [3.05, 3.63) is 47.3 Å². The van der Waals surface area contributed by atoms with Gasteiger partial charge >= 0.3 is 0 Å². The predicted molar refractivity (Wildman–Crippen MR) is 80.2 cm³/mol. The Balaban J connectivity index is 2.07. The van der Waals surface area contributed by atoms with Crippen molar-refractivity contribution in [3.8, 4) is 0 Å². The van der Waals surface area contributed by atoms with Crippen LogP contribution in [-0.4, -0.2) is 21.9 Å². The number of halogens is 2. The fourth-order valence-electron chi connectivity index (χ4n) is 1.29. The van der Waals surface area contributed by atoms with Crippen LogP contribution in [0.2, 0.25) is 5.02 Å². The quantitative estimate of drug-likeness (QED) is 0.514. The van der Waals surface area contributed by atoms with Gasteiger partial charge in [-0.3, -0.25) is 10.1 Å². The van der Waals surface area contributed by atoms with Gasteiger partial charge in [0.05, 0.1) is 5.56 Å². The average Bonchev–Trinajstić information content (AvgIpc) is 2.83. The fourth-order valence-corrected chi connectivity index (χ4v) is 2.95. The van der Waals surface area contributed by atoms with Gasteiger partial charge in [0.1, 0.15) is 5.82 Å².